The Kier molecular flexibility index (Phi) is 5.70. The maximum atomic E-state index is 12.9. The highest BCUT2D eigenvalue weighted by Crippen LogP contribution is 2.26. The third-order valence-electron chi connectivity index (χ3n) is 2.98. The first-order valence-electron chi connectivity index (χ1n) is 6.59. The minimum Gasteiger partial charge on any atom is -0.384 e. The van der Waals surface area contributed by atoms with Crippen LogP contribution in [0.15, 0.2) is 30.8 Å². The fourth-order valence-electron chi connectivity index (χ4n) is 1.78. The number of benzene rings is 1. The molecular weight excluding hydrogens is 291 g/mol. The number of hydrogen-bond donors (Lipinski definition) is 1. The number of aliphatic hydroxyl groups is 1. The predicted octanol–water partition coefficient (Wildman–Crippen LogP) is 1.18. The average Bonchev–Trinajstić information content (AvgIpc) is 2.99. The van der Waals surface area contributed by atoms with Crippen molar-refractivity contribution in [2.24, 2.45) is 0 Å². The molecule has 118 valence electrons. The molecule has 1 heterocycles. The van der Waals surface area contributed by atoms with Crippen LogP contribution in [0.1, 0.15) is 17.5 Å². The van der Waals surface area contributed by atoms with Gasteiger partial charge in [-0.15, -0.1) is 5.10 Å². The number of ether oxygens (including phenoxy) is 2. The lowest BCUT2D eigenvalue weighted by atomic mass is 10.0. The van der Waals surface area contributed by atoms with Gasteiger partial charge in [-0.1, -0.05) is 18.7 Å². The first-order valence-corrected chi connectivity index (χ1v) is 6.59. The number of hydrogen-bond acceptors (Lipinski definition) is 6. The van der Waals surface area contributed by atoms with Gasteiger partial charge in [0.05, 0.1) is 13.2 Å². The van der Waals surface area contributed by atoms with Crippen molar-refractivity contribution in [2.75, 3.05) is 20.3 Å². The minimum absolute atomic E-state index is 0.112. The molecule has 0 amide bonds. The van der Waals surface area contributed by atoms with Crippen LogP contribution >= 0.6 is 0 Å². The molecule has 0 bridgehead atoms. The fraction of sp³-hybridized carbons (Fsp3) is 0.357. The van der Waals surface area contributed by atoms with E-state index in [1.165, 1.54) is 28.9 Å². The Labute approximate surface area is 127 Å². The molecule has 0 spiro atoms. The fourth-order valence-corrected chi connectivity index (χ4v) is 1.78. The van der Waals surface area contributed by atoms with Crippen molar-refractivity contribution < 1.29 is 19.0 Å². The Bertz CT molecular complexity index is 615. The zero-order valence-corrected chi connectivity index (χ0v) is 12.1. The van der Waals surface area contributed by atoms with Gasteiger partial charge in [-0.3, -0.25) is 0 Å². The monoisotopic (exact) mass is 308 g/mol. The summed E-state index contributed by atoms with van der Waals surface area (Å²) in [5.41, 5.74) is 0.799. The summed E-state index contributed by atoms with van der Waals surface area (Å²) in [6.07, 6.45) is -1.04. The maximum absolute atomic E-state index is 12.9. The molecule has 7 nitrogen and oxygen atoms in total. The van der Waals surface area contributed by atoms with Gasteiger partial charge in [-0.25, -0.2) is 4.39 Å². The number of rotatable bonds is 8. The number of methoxy groups -OCH3 is 1. The molecule has 1 aromatic carbocycles. The first-order chi connectivity index (χ1) is 10.6. The zero-order valence-electron chi connectivity index (χ0n) is 12.1. The van der Waals surface area contributed by atoms with Crippen LogP contribution in [0.25, 0.3) is 5.57 Å². The van der Waals surface area contributed by atoms with Crippen molar-refractivity contribution in [3.05, 3.63) is 48.0 Å². The highest BCUT2D eigenvalue weighted by molar-refractivity contribution is 5.62. The molecule has 0 fully saturated rings. The molecule has 0 radical (unpaired) electrons. The van der Waals surface area contributed by atoms with E-state index in [2.05, 4.69) is 22.1 Å². The van der Waals surface area contributed by atoms with E-state index in [1.807, 2.05) is 0 Å². The second kappa shape index (κ2) is 7.74. The van der Waals surface area contributed by atoms with Gasteiger partial charge in [0.25, 0.3) is 0 Å². The highest BCUT2D eigenvalue weighted by Gasteiger charge is 2.19. The summed E-state index contributed by atoms with van der Waals surface area (Å²) in [6, 6.07) is 5.49. The Morgan fingerprint density at radius 2 is 2.09 bits per heavy atom. The van der Waals surface area contributed by atoms with E-state index in [0.29, 0.717) is 30.2 Å². The van der Waals surface area contributed by atoms with Crippen LogP contribution in [-0.4, -0.2) is 45.6 Å². The Balaban J connectivity index is 2.06. The summed E-state index contributed by atoms with van der Waals surface area (Å²) in [5.74, 6) is -0.0767. The first kappa shape index (κ1) is 16.2. The second-order valence-corrected chi connectivity index (χ2v) is 4.51. The second-order valence-electron chi connectivity index (χ2n) is 4.51. The van der Waals surface area contributed by atoms with E-state index in [4.69, 9.17) is 9.47 Å². The van der Waals surface area contributed by atoms with E-state index < -0.39 is 6.10 Å². The summed E-state index contributed by atoms with van der Waals surface area (Å²) in [4.78, 5) is 0. The average molecular weight is 308 g/mol. The van der Waals surface area contributed by atoms with Crippen molar-refractivity contribution in [2.45, 2.75) is 12.8 Å². The molecule has 1 atom stereocenters. The number of aromatic nitrogens is 4. The Morgan fingerprint density at radius 3 is 2.77 bits per heavy atom. The topological polar surface area (TPSA) is 82.3 Å². The third kappa shape index (κ3) is 3.94. The van der Waals surface area contributed by atoms with E-state index >= 15 is 0 Å². The molecular formula is C14H17FN4O3. The third-order valence-corrected chi connectivity index (χ3v) is 2.98. The Hall–Kier alpha value is -2.16. The summed E-state index contributed by atoms with van der Waals surface area (Å²) in [6.45, 7) is 4.77. The molecule has 1 N–H and O–H groups in total. The van der Waals surface area contributed by atoms with E-state index in [9.17, 15) is 9.50 Å². The van der Waals surface area contributed by atoms with Crippen molar-refractivity contribution >= 4 is 5.57 Å². The number of halogens is 1. The van der Waals surface area contributed by atoms with Gasteiger partial charge in [0.1, 0.15) is 18.7 Å². The lowest BCUT2D eigenvalue weighted by Crippen LogP contribution is -2.13. The van der Waals surface area contributed by atoms with Crippen molar-refractivity contribution in [1.29, 1.82) is 0 Å². The minimum atomic E-state index is -1.04. The largest absolute Gasteiger partial charge is 0.384 e. The van der Waals surface area contributed by atoms with E-state index in [-0.39, 0.29) is 12.5 Å². The predicted molar refractivity (Wildman–Crippen MR) is 76.0 cm³/mol. The zero-order chi connectivity index (χ0) is 15.9. The molecule has 0 aliphatic carbocycles. The lowest BCUT2D eigenvalue weighted by Gasteiger charge is -2.14. The van der Waals surface area contributed by atoms with Gasteiger partial charge >= 0.3 is 0 Å². The molecule has 22 heavy (non-hydrogen) atoms. The molecule has 2 rings (SSSR count). The van der Waals surface area contributed by atoms with Crippen molar-refractivity contribution in [3.8, 4) is 0 Å². The van der Waals surface area contributed by atoms with Crippen LogP contribution in [-0.2, 0) is 16.2 Å². The highest BCUT2D eigenvalue weighted by atomic mass is 19.1. The van der Waals surface area contributed by atoms with Gasteiger partial charge in [0, 0.05) is 12.7 Å². The summed E-state index contributed by atoms with van der Waals surface area (Å²) in [7, 11) is 1.58. The summed E-state index contributed by atoms with van der Waals surface area (Å²) in [5, 5.41) is 21.5. The van der Waals surface area contributed by atoms with Gasteiger partial charge in [0.15, 0.2) is 5.82 Å². The molecule has 1 unspecified atom stereocenters. The standard InChI is InChI=1S/C14H17FN4O3/c1-10(13(20)11-3-5-12(15)6-4-11)14-16-17-18-19(14)9-22-8-7-21-2/h3-6,13,20H,1,7-9H2,2H3. The summed E-state index contributed by atoms with van der Waals surface area (Å²) < 4.78 is 24.5. The van der Waals surface area contributed by atoms with Gasteiger partial charge < -0.3 is 14.6 Å². The van der Waals surface area contributed by atoms with Gasteiger partial charge in [-0.2, -0.15) is 4.68 Å². The number of aliphatic hydroxyl groups excluding tert-OH is 1. The van der Waals surface area contributed by atoms with Gasteiger partial charge in [-0.05, 0) is 28.1 Å². The van der Waals surface area contributed by atoms with Gasteiger partial charge in [0.2, 0.25) is 0 Å². The maximum Gasteiger partial charge on any atom is 0.182 e. The van der Waals surface area contributed by atoms with Crippen LogP contribution < -0.4 is 0 Å². The molecule has 0 saturated carbocycles. The quantitative estimate of drug-likeness (QED) is 0.737. The van der Waals surface area contributed by atoms with Crippen LogP contribution in [0.4, 0.5) is 4.39 Å². The van der Waals surface area contributed by atoms with Crippen molar-refractivity contribution in [3.63, 3.8) is 0 Å². The van der Waals surface area contributed by atoms with Crippen LogP contribution in [0.2, 0.25) is 0 Å². The van der Waals surface area contributed by atoms with Crippen molar-refractivity contribution in [1.82, 2.24) is 20.2 Å². The van der Waals surface area contributed by atoms with E-state index in [1.54, 1.807) is 7.11 Å². The molecule has 2 aromatic rings. The Morgan fingerprint density at radius 1 is 1.36 bits per heavy atom. The molecule has 0 aliphatic rings. The molecule has 8 heteroatoms. The number of nitrogens with zero attached hydrogens (tertiary/aromatic N) is 4. The van der Waals surface area contributed by atoms with Crippen LogP contribution in [0.3, 0.4) is 0 Å². The molecule has 0 aliphatic heterocycles. The summed E-state index contributed by atoms with van der Waals surface area (Å²) >= 11 is 0. The van der Waals surface area contributed by atoms with E-state index in [0.717, 1.165) is 0 Å². The smallest absolute Gasteiger partial charge is 0.182 e. The molecule has 0 saturated heterocycles. The SMILES string of the molecule is C=C(c1nnnn1COCCOC)C(O)c1ccc(F)cc1. The van der Waals surface area contributed by atoms with Crippen LogP contribution in [0.5, 0.6) is 0 Å². The number of tetrazole rings is 1. The lowest BCUT2D eigenvalue weighted by molar-refractivity contribution is 0.0274. The normalized spacial score (nSPS) is 12.3. The molecule has 1 aromatic heterocycles. The van der Waals surface area contributed by atoms with Crippen LogP contribution in [0, 0.1) is 5.82 Å².